The fraction of sp³-hybridized carbons (Fsp3) is 0.682. The van der Waals surface area contributed by atoms with E-state index in [9.17, 15) is 4.79 Å². The van der Waals surface area contributed by atoms with E-state index >= 15 is 0 Å². The lowest BCUT2D eigenvalue weighted by Gasteiger charge is -2.38. The Morgan fingerprint density at radius 2 is 1.55 bits per heavy atom. The fourth-order valence-electron chi connectivity index (χ4n) is 4.21. The lowest BCUT2D eigenvalue weighted by atomic mass is 10.1. The summed E-state index contributed by atoms with van der Waals surface area (Å²) in [7, 11) is 3.33. The van der Waals surface area contributed by atoms with E-state index in [1.165, 1.54) is 11.1 Å². The van der Waals surface area contributed by atoms with Gasteiger partial charge in [0, 0.05) is 45.8 Å². The van der Waals surface area contributed by atoms with Gasteiger partial charge in [-0.1, -0.05) is 0 Å². The van der Waals surface area contributed by atoms with Crippen molar-refractivity contribution >= 4 is 5.91 Å². The molecule has 2 aliphatic rings. The second-order valence-corrected chi connectivity index (χ2v) is 8.24. The number of rotatable bonds is 6. The third kappa shape index (κ3) is 5.62. The minimum absolute atomic E-state index is 0.115. The number of hydrogen-bond donors (Lipinski definition) is 0. The van der Waals surface area contributed by atoms with Crippen LogP contribution in [0.25, 0.3) is 0 Å². The van der Waals surface area contributed by atoms with Crippen molar-refractivity contribution in [3.05, 3.63) is 23.3 Å². The normalized spacial score (nSPS) is 23.8. The lowest BCUT2D eigenvalue weighted by Crippen LogP contribution is -2.53. The highest BCUT2D eigenvalue weighted by molar-refractivity contribution is 5.78. The quantitative estimate of drug-likeness (QED) is 0.719. The molecule has 2 aliphatic heterocycles. The topological polar surface area (TPSA) is 54.5 Å². The van der Waals surface area contributed by atoms with Crippen molar-refractivity contribution in [2.75, 3.05) is 60.0 Å². The fourth-order valence-corrected chi connectivity index (χ4v) is 4.21. The number of ether oxygens (including phenoxy) is 3. The number of nitrogens with zero attached hydrogens (tertiary/aromatic N) is 3. The third-order valence-electron chi connectivity index (χ3n) is 5.83. The maximum Gasteiger partial charge on any atom is 0.236 e. The molecular formula is C22H35N3O4. The zero-order valence-electron chi connectivity index (χ0n) is 18.4. The standard InChI is InChI=1S/C22H35N3O4/c1-16-10-20(27-4)21(28-5)11-19(16)14-23-6-8-24(9-7-23)15-22(26)25-12-17(2)29-18(3)13-25/h10-11,17-18H,6-9,12-15H2,1-5H3/t17-,18+. The number of morpholine rings is 1. The van der Waals surface area contributed by atoms with Crippen molar-refractivity contribution < 1.29 is 19.0 Å². The van der Waals surface area contributed by atoms with Crippen LogP contribution < -0.4 is 9.47 Å². The Balaban J connectivity index is 1.50. The Morgan fingerprint density at radius 1 is 1.00 bits per heavy atom. The van der Waals surface area contributed by atoms with Crippen LogP contribution in [-0.4, -0.2) is 92.8 Å². The van der Waals surface area contributed by atoms with E-state index in [-0.39, 0.29) is 18.1 Å². The summed E-state index contributed by atoms with van der Waals surface area (Å²) in [6.07, 6.45) is 0.230. The molecule has 2 heterocycles. The third-order valence-corrected chi connectivity index (χ3v) is 5.83. The predicted molar refractivity (Wildman–Crippen MR) is 113 cm³/mol. The number of piperazine rings is 1. The number of benzene rings is 1. The molecule has 0 spiro atoms. The van der Waals surface area contributed by atoms with Gasteiger partial charge in [-0.15, -0.1) is 0 Å². The largest absolute Gasteiger partial charge is 0.493 e. The van der Waals surface area contributed by atoms with Gasteiger partial charge in [0.2, 0.25) is 5.91 Å². The molecule has 7 nitrogen and oxygen atoms in total. The van der Waals surface area contributed by atoms with Gasteiger partial charge in [-0.25, -0.2) is 0 Å². The number of methoxy groups -OCH3 is 2. The lowest BCUT2D eigenvalue weighted by molar-refractivity contribution is -0.144. The maximum absolute atomic E-state index is 12.7. The van der Waals surface area contributed by atoms with Crippen molar-refractivity contribution in [1.82, 2.24) is 14.7 Å². The molecule has 2 fully saturated rings. The predicted octanol–water partition coefficient (Wildman–Crippen LogP) is 1.77. The van der Waals surface area contributed by atoms with Gasteiger partial charge in [-0.2, -0.15) is 0 Å². The zero-order valence-corrected chi connectivity index (χ0v) is 18.4. The van der Waals surface area contributed by atoms with Crippen LogP contribution in [-0.2, 0) is 16.1 Å². The maximum atomic E-state index is 12.7. The molecule has 0 N–H and O–H groups in total. The van der Waals surface area contributed by atoms with Gasteiger partial charge in [0.25, 0.3) is 0 Å². The van der Waals surface area contributed by atoms with E-state index in [1.54, 1.807) is 14.2 Å². The second kappa shape index (κ2) is 9.78. The molecular weight excluding hydrogens is 370 g/mol. The monoisotopic (exact) mass is 405 g/mol. The van der Waals surface area contributed by atoms with Crippen LogP contribution in [0.4, 0.5) is 0 Å². The van der Waals surface area contributed by atoms with Gasteiger partial charge in [0.05, 0.1) is 33.0 Å². The number of amides is 1. The molecule has 0 aliphatic carbocycles. The van der Waals surface area contributed by atoms with Crippen LogP contribution in [0.15, 0.2) is 12.1 Å². The summed E-state index contributed by atoms with van der Waals surface area (Å²) in [5.74, 6) is 1.76. The highest BCUT2D eigenvalue weighted by atomic mass is 16.5. The summed E-state index contributed by atoms with van der Waals surface area (Å²) >= 11 is 0. The van der Waals surface area contributed by atoms with E-state index in [0.29, 0.717) is 19.6 Å². The molecule has 1 amide bonds. The summed E-state index contributed by atoms with van der Waals surface area (Å²) < 4.78 is 16.6. The summed E-state index contributed by atoms with van der Waals surface area (Å²) in [5, 5.41) is 0. The number of hydrogen-bond acceptors (Lipinski definition) is 6. The summed E-state index contributed by atoms with van der Waals surface area (Å²) in [6.45, 7) is 12.7. The Labute approximate surface area is 174 Å². The smallest absolute Gasteiger partial charge is 0.236 e. The first kappa shape index (κ1) is 21.9. The molecule has 7 heteroatoms. The van der Waals surface area contributed by atoms with Gasteiger partial charge in [0.15, 0.2) is 11.5 Å². The molecule has 2 atom stereocenters. The van der Waals surface area contributed by atoms with E-state index < -0.39 is 0 Å². The zero-order chi connectivity index (χ0) is 21.0. The Morgan fingerprint density at radius 3 is 2.14 bits per heavy atom. The van der Waals surface area contributed by atoms with Gasteiger partial charge in [0.1, 0.15) is 0 Å². The molecule has 0 bridgehead atoms. The number of aryl methyl sites for hydroxylation is 1. The van der Waals surface area contributed by atoms with Crippen molar-refractivity contribution in [2.45, 2.75) is 39.5 Å². The minimum atomic E-state index is 0.115. The van der Waals surface area contributed by atoms with Gasteiger partial charge < -0.3 is 19.1 Å². The van der Waals surface area contributed by atoms with Crippen LogP contribution >= 0.6 is 0 Å². The minimum Gasteiger partial charge on any atom is -0.493 e. The molecule has 0 radical (unpaired) electrons. The van der Waals surface area contributed by atoms with E-state index in [4.69, 9.17) is 14.2 Å². The van der Waals surface area contributed by atoms with Crippen molar-refractivity contribution in [3.63, 3.8) is 0 Å². The highest BCUT2D eigenvalue weighted by Gasteiger charge is 2.28. The molecule has 2 saturated heterocycles. The molecule has 1 aromatic rings. The first-order chi connectivity index (χ1) is 13.9. The van der Waals surface area contributed by atoms with Crippen LogP contribution in [0.2, 0.25) is 0 Å². The molecule has 162 valence electrons. The molecule has 29 heavy (non-hydrogen) atoms. The first-order valence-corrected chi connectivity index (χ1v) is 10.5. The first-order valence-electron chi connectivity index (χ1n) is 10.5. The molecule has 0 saturated carbocycles. The van der Waals surface area contributed by atoms with Crippen LogP contribution in [0.3, 0.4) is 0 Å². The van der Waals surface area contributed by atoms with Crippen molar-refractivity contribution in [1.29, 1.82) is 0 Å². The highest BCUT2D eigenvalue weighted by Crippen LogP contribution is 2.31. The van der Waals surface area contributed by atoms with Gasteiger partial charge >= 0.3 is 0 Å². The van der Waals surface area contributed by atoms with E-state index in [0.717, 1.165) is 44.2 Å². The van der Waals surface area contributed by atoms with Crippen LogP contribution in [0.5, 0.6) is 11.5 Å². The van der Waals surface area contributed by atoms with Gasteiger partial charge in [-0.3, -0.25) is 14.6 Å². The molecule has 1 aromatic carbocycles. The van der Waals surface area contributed by atoms with E-state index in [1.807, 2.05) is 24.8 Å². The SMILES string of the molecule is COc1cc(C)c(CN2CCN(CC(=O)N3C[C@@H](C)O[C@@H](C)C3)CC2)cc1OC. The Hall–Kier alpha value is -1.83. The van der Waals surface area contributed by atoms with Crippen molar-refractivity contribution in [3.8, 4) is 11.5 Å². The van der Waals surface area contributed by atoms with E-state index in [2.05, 4.69) is 22.8 Å². The Bertz CT molecular complexity index is 694. The molecule has 3 rings (SSSR count). The summed E-state index contributed by atoms with van der Waals surface area (Å²) in [4.78, 5) is 19.4. The average Bonchev–Trinajstić information content (AvgIpc) is 2.69. The molecule has 0 unspecified atom stereocenters. The van der Waals surface area contributed by atoms with Crippen LogP contribution in [0.1, 0.15) is 25.0 Å². The summed E-state index contributed by atoms with van der Waals surface area (Å²) in [5.41, 5.74) is 2.46. The van der Waals surface area contributed by atoms with Crippen molar-refractivity contribution in [2.24, 2.45) is 0 Å². The van der Waals surface area contributed by atoms with Gasteiger partial charge in [-0.05, 0) is 44.0 Å². The Kier molecular flexibility index (Phi) is 7.38. The average molecular weight is 406 g/mol. The summed E-state index contributed by atoms with van der Waals surface area (Å²) in [6, 6.07) is 4.11. The molecule has 0 aromatic heterocycles. The number of carbonyl (C=O) groups excluding carboxylic acids is 1. The second-order valence-electron chi connectivity index (χ2n) is 8.24. The number of carbonyl (C=O) groups is 1. The van der Waals surface area contributed by atoms with Crippen LogP contribution in [0, 0.1) is 6.92 Å².